The lowest BCUT2D eigenvalue weighted by Gasteiger charge is -2.37. The van der Waals surface area contributed by atoms with E-state index in [2.05, 4.69) is 4.90 Å². The third-order valence-corrected chi connectivity index (χ3v) is 6.02. The predicted octanol–water partition coefficient (Wildman–Crippen LogP) is 3.49. The van der Waals surface area contributed by atoms with E-state index >= 15 is 0 Å². The van der Waals surface area contributed by atoms with Gasteiger partial charge in [0, 0.05) is 44.1 Å². The number of unbranched alkanes of at least 4 members (excludes halogenated alkanes) is 1. The molecule has 4 rings (SSSR count). The Kier molecular flexibility index (Phi) is 6.10. The van der Waals surface area contributed by atoms with Gasteiger partial charge in [-0.2, -0.15) is 13.2 Å². The van der Waals surface area contributed by atoms with Crippen molar-refractivity contribution < 1.29 is 22.8 Å². The number of hydrogen-bond acceptors (Lipinski definition) is 5. The van der Waals surface area contributed by atoms with Crippen molar-refractivity contribution in [1.82, 2.24) is 9.80 Å². The maximum absolute atomic E-state index is 13.4. The summed E-state index contributed by atoms with van der Waals surface area (Å²) in [6.07, 6.45) is -2.98. The van der Waals surface area contributed by atoms with Gasteiger partial charge in [0.2, 0.25) is 0 Å². The Morgan fingerprint density at radius 3 is 2.03 bits per heavy atom. The van der Waals surface area contributed by atoms with E-state index in [1.807, 2.05) is 0 Å². The van der Waals surface area contributed by atoms with Crippen molar-refractivity contribution in [1.29, 1.82) is 0 Å². The van der Waals surface area contributed by atoms with Gasteiger partial charge in [-0.15, -0.1) is 0 Å². The standard InChI is InChI=1S/C23H25F3N4O2/c24-23(25,26)19-15-16(27)7-8-20(19)29-13-11-28(12-14-29)9-3-4-10-30-21(31)17-5-1-2-6-18(17)22(30)32/h1-2,5-8,15H,3-4,9-14,27H2. The number of carbonyl (C=O) groups excluding carboxylic acids is 2. The monoisotopic (exact) mass is 446 g/mol. The Morgan fingerprint density at radius 1 is 0.844 bits per heavy atom. The molecule has 0 aromatic heterocycles. The van der Waals surface area contributed by atoms with E-state index in [1.165, 1.54) is 17.0 Å². The zero-order chi connectivity index (χ0) is 22.9. The van der Waals surface area contributed by atoms with Crippen LogP contribution in [0.5, 0.6) is 0 Å². The summed E-state index contributed by atoms with van der Waals surface area (Å²) in [6.45, 7) is 3.41. The molecular formula is C23H25F3N4O2. The van der Waals surface area contributed by atoms with Gasteiger partial charge < -0.3 is 10.6 Å². The van der Waals surface area contributed by atoms with Gasteiger partial charge in [0.05, 0.1) is 16.7 Å². The zero-order valence-corrected chi connectivity index (χ0v) is 17.6. The van der Waals surface area contributed by atoms with E-state index in [1.54, 1.807) is 29.2 Å². The number of nitrogen functional groups attached to an aromatic ring is 1. The number of imide groups is 1. The Hall–Kier alpha value is -3.07. The molecule has 9 heteroatoms. The average Bonchev–Trinajstić information content (AvgIpc) is 3.01. The number of benzene rings is 2. The predicted molar refractivity (Wildman–Crippen MR) is 116 cm³/mol. The van der Waals surface area contributed by atoms with E-state index in [4.69, 9.17) is 5.73 Å². The lowest BCUT2D eigenvalue weighted by molar-refractivity contribution is -0.137. The fourth-order valence-corrected chi connectivity index (χ4v) is 4.32. The summed E-state index contributed by atoms with van der Waals surface area (Å²) in [5, 5.41) is 0. The molecule has 2 aromatic rings. The Balaban J connectivity index is 1.25. The molecule has 0 spiro atoms. The van der Waals surface area contributed by atoms with Crippen LogP contribution in [0.15, 0.2) is 42.5 Å². The van der Waals surface area contributed by atoms with Crippen LogP contribution in [0.1, 0.15) is 39.1 Å². The van der Waals surface area contributed by atoms with Crippen LogP contribution in [0.25, 0.3) is 0 Å². The number of nitrogens with zero attached hydrogens (tertiary/aromatic N) is 3. The molecule has 0 atom stereocenters. The number of nitrogens with two attached hydrogens (primary N) is 1. The molecule has 2 heterocycles. The number of fused-ring (bicyclic) bond motifs is 1. The molecule has 2 aliphatic rings. The number of hydrogen-bond donors (Lipinski definition) is 1. The molecule has 1 saturated heterocycles. The highest BCUT2D eigenvalue weighted by Crippen LogP contribution is 2.38. The van der Waals surface area contributed by atoms with Gasteiger partial charge in [-0.1, -0.05) is 12.1 Å². The fraction of sp³-hybridized carbons (Fsp3) is 0.391. The summed E-state index contributed by atoms with van der Waals surface area (Å²) >= 11 is 0. The van der Waals surface area contributed by atoms with Crippen molar-refractivity contribution in [3.63, 3.8) is 0 Å². The smallest absolute Gasteiger partial charge is 0.399 e. The second-order valence-corrected chi connectivity index (χ2v) is 8.12. The number of amides is 2. The highest BCUT2D eigenvalue weighted by atomic mass is 19.4. The molecular weight excluding hydrogens is 421 g/mol. The van der Waals surface area contributed by atoms with Gasteiger partial charge in [0.1, 0.15) is 0 Å². The van der Waals surface area contributed by atoms with E-state index < -0.39 is 11.7 Å². The molecule has 0 aliphatic carbocycles. The normalized spacial score (nSPS) is 17.2. The second kappa shape index (κ2) is 8.82. The topological polar surface area (TPSA) is 69.9 Å². The Bertz CT molecular complexity index is 982. The molecule has 0 saturated carbocycles. The number of carbonyl (C=O) groups is 2. The average molecular weight is 446 g/mol. The largest absolute Gasteiger partial charge is 0.418 e. The first kappa shape index (κ1) is 22.1. The van der Waals surface area contributed by atoms with Crippen molar-refractivity contribution in [2.75, 3.05) is 49.9 Å². The summed E-state index contributed by atoms with van der Waals surface area (Å²) in [4.78, 5) is 30.0. The highest BCUT2D eigenvalue weighted by Gasteiger charge is 2.36. The van der Waals surface area contributed by atoms with E-state index in [0.717, 1.165) is 19.0 Å². The number of halogens is 3. The van der Waals surface area contributed by atoms with Crippen molar-refractivity contribution in [2.24, 2.45) is 0 Å². The highest BCUT2D eigenvalue weighted by molar-refractivity contribution is 6.21. The fourth-order valence-electron chi connectivity index (χ4n) is 4.32. The van der Waals surface area contributed by atoms with Crippen molar-refractivity contribution in [3.8, 4) is 0 Å². The Morgan fingerprint density at radius 2 is 1.44 bits per heavy atom. The summed E-state index contributed by atoms with van der Waals surface area (Å²) in [5.41, 5.74) is 6.02. The van der Waals surface area contributed by atoms with Crippen LogP contribution in [0.4, 0.5) is 24.5 Å². The van der Waals surface area contributed by atoms with E-state index in [0.29, 0.717) is 50.3 Å². The summed E-state index contributed by atoms with van der Waals surface area (Å²) in [7, 11) is 0. The molecule has 0 unspecified atom stereocenters. The summed E-state index contributed by atoms with van der Waals surface area (Å²) in [5.74, 6) is -0.494. The maximum atomic E-state index is 13.4. The van der Waals surface area contributed by atoms with Crippen molar-refractivity contribution in [2.45, 2.75) is 19.0 Å². The van der Waals surface area contributed by atoms with E-state index in [-0.39, 0.29) is 23.2 Å². The lowest BCUT2D eigenvalue weighted by Crippen LogP contribution is -2.47. The zero-order valence-electron chi connectivity index (χ0n) is 17.6. The number of rotatable bonds is 6. The minimum absolute atomic E-state index is 0.0952. The maximum Gasteiger partial charge on any atom is 0.418 e. The van der Waals surface area contributed by atoms with Gasteiger partial charge in [0.25, 0.3) is 11.8 Å². The van der Waals surface area contributed by atoms with Crippen molar-refractivity contribution >= 4 is 23.2 Å². The first-order valence-electron chi connectivity index (χ1n) is 10.6. The van der Waals surface area contributed by atoms with Gasteiger partial charge in [-0.3, -0.25) is 19.4 Å². The Labute approximate surface area is 184 Å². The molecule has 2 amide bonds. The first-order chi connectivity index (χ1) is 15.3. The molecule has 170 valence electrons. The number of piperazine rings is 1. The van der Waals surface area contributed by atoms with Crippen LogP contribution >= 0.6 is 0 Å². The minimum atomic E-state index is -4.45. The van der Waals surface area contributed by atoms with Crippen LogP contribution in [0.2, 0.25) is 0 Å². The van der Waals surface area contributed by atoms with Gasteiger partial charge >= 0.3 is 6.18 Å². The molecule has 0 radical (unpaired) electrons. The SMILES string of the molecule is Nc1ccc(N2CCN(CCCCN3C(=O)c4ccccc4C3=O)CC2)c(C(F)(F)F)c1. The molecule has 1 fully saturated rings. The molecule has 2 N–H and O–H groups in total. The third kappa shape index (κ3) is 4.43. The van der Waals surface area contributed by atoms with E-state index in [9.17, 15) is 22.8 Å². The van der Waals surface area contributed by atoms with Crippen LogP contribution in [-0.4, -0.2) is 60.9 Å². The summed E-state index contributed by atoms with van der Waals surface area (Å²) in [6, 6.07) is 10.7. The molecule has 32 heavy (non-hydrogen) atoms. The van der Waals surface area contributed by atoms with Gasteiger partial charge in [-0.05, 0) is 49.7 Å². The minimum Gasteiger partial charge on any atom is -0.399 e. The molecule has 6 nitrogen and oxygen atoms in total. The molecule has 2 aromatic carbocycles. The number of alkyl halides is 3. The second-order valence-electron chi connectivity index (χ2n) is 8.12. The van der Waals surface area contributed by atoms with Gasteiger partial charge in [0.15, 0.2) is 0 Å². The van der Waals surface area contributed by atoms with Crippen LogP contribution < -0.4 is 10.6 Å². The molecule has 2 aliphatic heterocycles. The number of anilines is 2. The van der Waals surface area contributed by atoms with Crippen LogP contribution in [-0.2, 0) is 6.18 Å². The quantitative estimate of drug-likeness (QED) is 0.418. The third-order valence-electron chi connectivity index (χ3n) is 6.02. The van der Waals surface area contributed by atoms with Gasteiger partial charge in [-0.25, -0.2) is 0 Å². The van der Waals surface area contributed by atoms with Crippen molar-refractivity contribution in [3.05, 3.63) is 59.2 Å². The molecule has 0 bridgehead atoms. The summed E-state index contributed by atoms with van der Waals surface area (Å²) < 4.78 is 40.2. The lowest BCUT2D eigenvalue weighted by atomic mass is 10.1. The first-order valence-corrected chi connectivity index (χ1v) is 10.6. The van der Waals surface area contributed by atoms with Crippen LogP contribution in [0, 0.1) is 0 Å². The van der Waals surface area contributed by atoms with Crippen LogP contribution in [0.3, 0.4) is 0 Å².